The van der Waals surface area contributed by atoms with E-state index in [1.165, 1.54) is 34.7 Å². The second-order valence-electron chi connectivity index (χ2n) is 7.62. The first-order chi connectivity index (χ1) is 13.2. The molecule has 4 nitrogen and oxygen atoms in total. The first-order valence-corrected chi connectivity index (χ1v) is 9.70. The maximum atomic E-state index is 4.67. The molecule has 4 heteroatoms. The number of benzene rings is 2. The number of aromatic nitrogens is 3. The molecule has 1 fully saturated rings. The topological polar surface area (TPSA) is 34.0 Å². The summed E-state index contributed by atoms with van der Waals surface area (Å²) in [7, 11) is 1.96. The van der Waals surface area contributed by atoms with Gasteiger partial charge in [0.1, 0.15) is 0 Å². The van der Waals surface area contributed by atoms with Crippen molar-refractivity contribution >= 4 is 21.8 Å². The average molecular weight is 356 g/mol. The van der Waals surface area contributed by atoms with Gasteiger partial charge in [-0.05, 0) is 54.3 Å². The van der Waals surface area contributed by atoms with Crippen molar-refractivity contribution < 1.29 is 0 Å². The molecule has 3 heterocycles. The molecule has 1 aliphatic rings. The summed E-state index contributed by atoms with van der Waals surface area (Å²) < 4.78 is 1.86. The van der Waals surface area contributed by atoms with Crippen molar-refractivity contribution in [1.29, 1.82) is 0 Å². The molecule has 1 unspecified atom stereocenters. The van der Waals surface area contributed by atoms with Crippen molar-refractivity contribution in [2.24, 2.45) is 7.05 Å². The van der Waals surface area contributed by atoms with Crippen LogP contribution in [0.2, 0.25) is 0 Å². The minimum atomic E-state index is 0.474. The number of hydrogen-bond donors (Lipinski definition) is 0. The van der Waals surface area contributed by atoms with Gasteiger partial charge in [0, 0.05) is 31.2 Å². The van der Waals surface area contributed by atoms with Gasteiger partial charge in [0.05, 0.1) is 5.69 Å². The lowest BCUT2D eigenvalue weighted by atomic mass is 9.97. The third-order valence-corrected chi connectivity index (χ3v) is 5.85. The molecule has 4 aromatic rings. The van der Waals surface area contributed by atoms with Crippen molar-refractivity contribution in [3.8, 4) is 0 Å². The molecule has 1 atom stereocenters. The van der Waals surface area contributed by atoms with Crippen molar-refractivity contribution in [3.05, 3.63) is 71.5 Å². The van der Waals surface area contributed by atoms with E-state index in [0.717, 1.165) is 29.8 Å². The summed E-state index contributed by atoms with van der Waals surface area (Å²) in [5.41, 5.74) is 4.74. The van der Waals surface area contributed by atoms with Crippen molar-refractivity contribution in [2.45, 2.75) is 32.4 Å². The average Bonchev–Trinajstić information content (AvgIpc) is 3.25. The zero-order valence-electron chi connectivity index (χ0n) is 15.9. The molecule has 2 aromatic carbocycles. The number of pyridine rings is 1. The number of rotatable bonds is 3. The zero-order chi connectivity index (χ0) is 18.4. The molecular weight excluding hydrogens is 332 g/mol. The van der Waals surface area contributed by atoms with E-state index < -0.39 is 0 Å². The highest BCUT2D eigenvalue weighted by Gasteiger charge is 2.27. The van der Waals surface area contributed by atoms with Crippen molar-refractivity contribution in [2.75, 3.05) is 6.54 Å². The Morgan fingerprint density at radius 1 is 1.07 bits per heavy atom. The Morgan fingerprint density at radius 2 is 1.93 bits per heavy atom. The Hall–Kier alpha value is -2.72. The summed E-state index contributed by atoms with van der Waals surface area (Å²) in [5.74, 6) is 0. The van der Waals surface area contributed by atoms with Crippen LogP contribution in [0, 0.1) is 6.92 Å². The normalized spacial score (nSPS) is 17.9. The molecule has 136 valence electrons. The molecule has 0 N–H and O–H groups in total. The van der Waals surface area contributed by atoms with E-state index in [2.05, 4.69) is 70.4 Å². The van der Waals surface area contributed by atoms with Crippen LogP contribution in [0.5, 0.6) is 0 Å². The number of aryl methyl sites for hydroxylation is 2. The van der Waals surface area contributed by atoms with Gasteiger partial charge in [0.15, 0.2) is 5.65 Å². The molecule has 5 rings (SSSR count). The van der Waals surface area contributed by atoms with Crippen LogP contribution in [0.4, 0.5) is 0 Å². The number of likely N-dealkylation sites (tertiary alicyclic amines) is 1. The highest BCUT2D eigenvalue weighted by molar-refractivity contribution is 5.86. The summed E-state index contributed by atoms with van der Waals surface area (Å²) in [6, 6.07) is 18.2. The molecular formula is C23H24N4. The van der Waals surface area contributed by atoms with Crippen LogP contribution < -0.4 is 0 Å². The molecule has 0 saturated carbocycles. The fourth-order valence-corrected chi connectivity index (χ4v) is 4.58. The highest BCUT2D eigenvalue weighted by atomic mass is 15.3. The quantitative estimate of drug-likeness (QED) is 0.530. The standard InChI is InChI=1S/C23H24N4/c1-16-21-13-17(14-24-23(21)26(2)25-16)15-27-12-6-11-22(27)20-10-5-8-18-7-3-4-9-19(18)20/h3-5,7-10,13-14,22H,6,11-12,15H2,1-2H3. The van der Waals surface area contributed by atoms with Gasteiger partial charge in [-0.1, -0.05) is 42.5 Å². The van der Waals surface area contributed by atoms with Crippen LogP contribution in [-0.2, 0) is 13.6 Å². The Bertz CT molecular complexity index is 1120. The van der Waals surface area contributed by atoms with Crippen LogP contribution in [-0.4, -0.2) is 26.2 Å². The SMILES string of the molecule is Cc1nn(C)c2ncc(CN3CCCC3c3cccc4ccccc34)cc12. The van der Waals surface area contributed by atoms with Crippen LogP contribution in [0.3, 0.4) is 0 Å². The zero-order valence-corrected chi connectivity index (χ0v) is 15.9. The van der Waals surface area contributed by atoms with Gasteiger partial charge < -0.3 is 0 Å². The number of nitrogens with zero attached hydrogens (tertiary/aromatic N) is 4. The van der Waals surface area contributed by atoms with Gasteiger partial charge in [-0.2, -0.15) is 5.10 Å². The Morgan fingerprint density at radius 3 is 2.85 bits per heavy atom. The van der Waals surface area contributed by atoms with Gasteiger partial charge >= 0.3 is 0 Å². The summed E-state index contributed by atoms with van der Waals surface area (Å²) >= 11 is 0. The predicted molar refractivity (Wildman–Crippen MR) is 110 cm³/mol. The Kier molecular flexibility index (Phi) is 3.94. The highest BCUT2D eigenvalue weighted by Crippen LogP contribution is 2.37. The smallest absolute Gasteiger partial charge is 0.157 e. The van der Waals surface area contributed by atoms with Gasteiger partial charge in [-0.15, -0.1) is 0 Å². The monoisotopic (exact) mass is 356 g/mol. The molecule has 0 radical (unpaired) electrons. The lowest BCUT2D eigenvalue weighted by molar-refractivity contribution is 0.249. The second kappa shape index (κ2) is 6.46. The molecule has 1 aliphatic heterocycles. The van der Waals surface area contributed by atoms with E-state index in [-0.39, 0.29) is 0 Å². The Labute approximate surface area is 159 Å². The molecule has 0 bridgehead atoms. The van der Waals surface area contributed by atoms with Gasteiger partial charge in [0.2, 0.25) is 0 Å². The molecule has 0 spiro atoms. The van der Waals surface area contributed by atoms with Crippen molar-refractivity contribution in [3.63, 3.8) is 0 Å². The van der Waals surface area contributed by atoms with Crippen LogP contribution in [0.15, 0.2) is 54.7 Å². The molecule has 2 aromatic heterocycles. The predicted octanol–water partition coefficient (Wildman–Crippen LogP) is 4.77. The van der Waals surface area contributed by atoms with E-state index >= 15 is 0 Å². The molecule has 1 saturated heterocycles. The van der Waals surface area contributed by atoms with Crippen LogP contribution in [0.1, 0.15) is 35.7 Å². The third kappa shape index (κ3) is 2.81. The molecule has 0 amide bonds. The summed E-state index contributed by atoms with van der Waals surface area (Å²) in [6.45, 7) is 4.13. The van der Waals surface area contributed by atoms with E-state index in [4.69, 9.17) is 0 Å². The number of hydrogen-bond acceptors (Lipinski definition) is 3. The first-order valence-electron chi connectivity index (χ1n) is 9.70. The summed E-state index contributed by atoms with van der Waals surface area (Å²) in [4.78, 5) is 7.27. The third-order valence-electron chi connectivity index (χ3n) is 5.85. The fraction of sp³-hybridized carbons (Fsp3) is 0.304. The maximum absolute atomic E-state index is 4.67. The van der Waals surface area contributed by atoms with Gasteiger partial charge in [-0.3, -0.25) is 9.58 Å². The largest absolute Gasteiger partial charge is 0.292 e. The Balaban J connectivity index is 1.49. The van der Waals surface area contributed by atoms with E-state index in [9.17, 15) is 0 Å². The molecule has 27 heavy (non-hydrogen) atoms. The van der Waals surface area contributed by atoms with Crippen LogP contribution >= 0.6 is 0 Å². The van der Waals surface area contributed by atoms with Crippen molar-refractivity contribution in [1.82, 2.24) is 19.7 Å². The fourth-order valence-electron chi connectivity index (χ4n) is 4.58. The van der Waals surface area contributed by atoms with Crippen LogP contribution in [0.25, 0.3) is 21.8 Å². The summed E-state index contributed by atoms with van der Waals surface area (Å²) in [6.07, 6.45) is 4.48. The van der Waals surface area contributed by atoms with Gasteiger partial charge in [-0.25, -0.2) is 4.98 Å². The minimum absolute atomic E-state index is 0.474. The summed E-state index contributed by atoms with van der Waals surface area (Å²) in [5, 5.41) is 8.38. The van der Waals surface area contributed by atoms with E-state index in [1.54, 1.807) is 0 Å². The lowest BCUT2D eigenvalue weighted by Crippen LogP contribution is -2.23. The molecule has 0 aliphatic carbocycles. The second-order valence-corrected chi connectivity index (χ2v) is 7.62. The maximum Gasteiger partial charge on any atom is 0.157 e. The van der Waals surface area contributed by atoms with E-state index in [1.807, 2.05) is 17.9 Å². The first kappa shape index (κ1) is 16.5. The number of fused-ring (bicyclic) bond motifs is 2. The lowest BCUT2D eigenvalue weighted by Gasteiger charge is -2.26. The van der Waals surface area contributed by atoms with Gasteiger partial charge in [0.25, 0.3) is 0 Å². The minimum Gasteiger partial charge on any atom is -0.292 e. The van der Waals surface area contributed by atoms with E-state index in [0.29, 0.717) is 6.04 Å².